The summed E-state index contributed by atoms with van der Waals surface area (Å²) >= 11 is 6.94. The van der Waals surface area contributed by atoms with E-state index >= 15 is 0 Å². The maximum atomic E-state index is 12.9. The van der Waals surface area contributed by atoms with Gasteiger partial charge in [-0.25, -0.2) is 16.8 Å². The number of halogens is 1. The van der Waals surface area contributed by atoms with Crippen molar-refractivity contribution in [3.05, 3.63) is 69.9 Å². The minimum atomic E-state index is -3.86. The van der Waals surface area contributed by atoms with Crippen LogP contribution in [0, 0.1) is 0 Å². The fourth-order valence-corrected chi connectivity index (χ4v) is 6.72. The molecule has 31 heavy (non-hydrogen) atoms. The molecule has 1 N–H and O–H groups in total. The molecular formula is C21H20ClNO5S3. The Morgan fingerprint density at radius 3 is 2.16 bits per heavy atom. The van der Waals surface area contributed by atoms with Crippen LogP contribution in [0.2, 0.25) is 5.02 Å². The highest BCUT2D eigenvalue weighted by Gasteiger charge is 2.24. The van der Waals surface area contributed by atoms with Gasteiger partial charge in [0.15, 0.2) is 9.84 Å². The molecule has 0 aliphatic rings. The Morgan fingerprint density at radius 2 is 1.55 bits per heavy atom. The second kappa shape index (κ2) is 9.52. The average Bonchev–Trinajstić information content (AvgIpc) is 3.22. The van der Waals surface area contributed by atoms with Crippen molar-refractivity contribution >= 4 is 54.2 Å². The first-order chi connectivity index (χ1) is 14.6. The highest BCUT2D eigenvalue weighted by Crippen LogP contribution is 2.31. The lowest BCUT2D eigenvalue weighted by Crippen LogP contribution is -2.18. The van der Waals surface area contributed by atoms with Crippen molar-refractivity contribution in [1.29, 1.82) is 0 Å². The van der Waals surface area contributed by atoms with E-state index in [2.05, 4.69) is 5.32 Å². The van der Waals surface area contributed by atoms with E-state index in [-0.39, 0.29) is 32.5 Å². The van der Waals surface area contributed by atoms with Crippen molar-refractivity contribution < 1.29 is 21.6 Å². The van der Waals surface area contributed by atoms with E-state index in [9.17, 15) is 21.6 Å². The van der Waals surface area contributed by atoms with Crippen LogP contribution in [0.1, 0.15) is 18.9 Å². The van der Waals surface area contributed by atoms with Crippen LogP contribution >= 0.6 is 22.9 Å². The lowest BCUT2D eigenvalue weighted by Gasteiger charge is -2.09. The van der Waals surface area contributed by atoms with Crippen molar-refractivity contribution in [1.82, 2.24) is 0 Å². The van der Waals surface area contributed by atoms with E-state index in [0.29, 0.717) is 5.02 Å². The third-order valence-electron chi connectivity index (χ3n) is 4.60. The number of amides is 1. The molecule has 164 valence electrons. The van der Waals surface area contributed by atoms with Crippen LogP contribution < -0.4 is 5.32 Å². The summed E-state index contributed by atoms with van der Waals surface area (Å²) in [5.41, 5.74) is 1.14. The van der Waals surface area contributed by atoms with Crippen molar-refractivity contribution in [3.63, 3.8) is 0 Å². The Balaban J connectivity index is 1.70. The predicted octanol–water partition coefficient (Wildman–Crippen LogP) is 4.60. The molecule has 0 radical (unpaired) electrons. The molecule has 2 aromatic carbocycles. The van der Waals surface area contributed by atoms with E-state index in [0.717, 1.165) is 23.3 Å². The standard InChI is InChI=1S/C21H20ClNO5S3/c1-2-15-3-7-17(8-4-15)30(25,26)12-11-21(24)23-19-13-29-14-20(19)31(27,28)18-9-5-16(22)6-10-18/h3-10,13-14H,2,11-12H2,1H3,(H,23,24). The molecule has 0 saturated carbocycles. The van der Waals surface area contributed by atoms with E-state index in [1.165, 1.54) is 47.2 Å². The molecule has 0 aliphatic carbocycles. The van der Waals surface area contributed by atoms with E-state index < -0.39 is 25.6 Å². The first-order valence-corrected chi connectivity index (χ1v) is 13.8. The largest absolute Gasteiger partial charge is 0.324 e. The molecule has 0 saturated heterocycles. The molecule has 6 nitrogen and oxygen atoms in total. The van der Waals surface area contributed by atoms with Gasteiger partial charge >= 0.3 is 0 Å². The Bertz CT molecular complexity index is 1280. The second-order valence-electron chi connectivity index (χ2n) is 6.72. The van der Waals surface area contributed by atoms with E-state index in [4.69, 9.17) is 11.6 Å². The molecule has 1 amide bonds. The quantitative estimate of drug-likeness (QED) is 0.490. The number of benzene rings is 2. The number of hydrogen-bond donors (Lipinski definition) is 1. The number of hydrogen-bond acceptors (Lipinski definition) is 6. The third-order valence-corrected chi connectivity index (χ3v) is 9.29. The zero-order valence-corrected chi connectivity index (χ0v) is 19.7. The molecule has 1 aromatic heterocycles. The van der Waals surface area contributed by atoms with Crippen LogP contribution in [0.5, 0.6) is 0 Å². The van der Waals surface area contributed by atoms with Gasteiger partial charge in [0.2, 0.25) is 15.7 Å². The maximum absolute atomic E-state index is 12.9. The first kappa shape index (κ1) is 23.5. The van der Waals surface area contributed by atoms with Gasteiger partial charge in [0, 0.05) is 22.2 Å². The normalized spacial score (nSPS) is 11.9. The zero-order chi connectivity index (χ0) is 22.6. The second-order valence-corrected chi connectivity index (χ2v) is 11.9. The first-order valence-electron chi connectivity index (χ1n) is 9.32. The van der Waals surface area contributed by atoms with Gasteiger partial charge in [-0.1, -0.05) is 30.7 Å². The lowest BCUT2D eigenvalue weighted by atomic mass is 10.2. The number of rotatable bonds is 8. The topological polar surface area (TPSA) is 97.4 Å². The summed E-state index contributed by atoms with van der Waals surface area (Å²) < 4.78 is 50.7. The lowest BCUT2D eigenvalue weighted by molar-refractivity contribution is -0.115. The molecule has 0 bridgehead atoms. The van der Waals surface area contributed by atoms with Gasteiger partial charge in [-0.15, -0.1) is 11.3 Å². The van der Waals surface area contributed by atoms with Gasteiger partial charge in [0.1, 0.15) is 4.90 Å². The Hall–Kier alpha value is -2.20. The fourth-order valence-electron chi connectivity index (χ4n) is 2.82. The Labute approximate surface area is 190 Å². The van der Waals surface area contributed by atoms with Crippen molar-refractivity contribution in [2.24, 2.45) is 0 Å². The van der Waals surface area contributed by atoms with Crippen LogP contribution in [0.4, 0.5) is 5.69 Å². The molecule has 3 rings (SSSR count). The minimum absolute atomic E-state index is 0.0453. The van der Waals surface area contributed by atoms with E-state index in [1.54, 1.807) is 12.1 Å². The van der Waals surface area contributed by atoms with Crippen LogP contribution in [-0.4, -0.2) is 28.5 Å². The van der Waals surface area contributed by atoms with Gasteiger partial charge < -0.3 is 5.32 Å². The van der Waals surface area contributed by atoms with E-state index in [1.807, 2.05) is 6.92 Å². The third kappa shape index (κ3) is 5.54. The molecule has 3 aromatic rings. The summed E-state index contributed by atoms with van der Waals surface area (Å²) in [6, 6.07) is 12.3. The molecule has 0 atom stereocenters. The minimum Gasteiger partial charge on any atom is -0.324 e. The van der Waals surface area contributed by atoms with Gasteiger partial charge in [-0.3, -0.25) is 4.79 Å². The summed E-state index contributed by atoms with van der Waals surface area (Å²) in [5, 5.41) is 5.85. The van der Waals surface area contributed by atoms with Crippen LogP contribution in [0.15, 0.2) is 74.0 Å². The van der Waals surface area contributed by atoms with Crippen LogP contribution in [0.25, 0.3) is 0 Å². The van der Waals surface area contributed by atoms with Gasteiger partial charge in [-0.2, -0.15) is 0 Å². The molecule has 0 aliphatic heterocycles. The molecular weight excluding hydrogens is 478 g/mol. The summed E-state index contributed by atoms with van der Waals surface area (Å²) in [4.78, 5) is 12.5. The average molecular weight is 498 g/mol. The Morgan fingerprint density at radius 1 is 0.935 bits per heavy atom. The highest BCUT2D eigenvalue weighted by atomic mass is 35.5. The summed E-state index contributed by atoms with van der Waals surface area (Å²) in [6.45, 7) is 1.97. The van der Waals surface area contributed by atoms with Crippen LogP contribution in [-0.2, 0) is 30.9 Å². The van der Waals surface area contributed by atoms with Crippen LogP contribution in [0.3, 0.4) is 0 Å². The number of thiophene rings is 1. The number of sulfone groups is 2. The SMILES string of the molecule is CCc1ccc(S(=O)(=O)CCC(=O)Nc2cscc2S(=O)(=O)c2ccc(Cl)cc2)cc1. The molecule has 0 spiro atoms. The monoisotopic (exact) mass is 497 g/mol. The number of anilines is 1. The Kier molecular flexibility index (Phi) is 7.20. The molecule has 0 unspecified atom stereocenters. The highest BCUT2D eigenvalue weighted by molar-refractivity contribution is 7.92. The summed E-state index contributed by atoms with van der Waals surface area (Å²) in [7, 11) is -7.50. The number of carbonyl (C=O) groups is 1. The number of aryl methyl sites for hydroxylation is 1. The van der Waals surface area contributed by atoms with Crippen molar-refractivity contribution in [2.75, 3.05) is 11.1 Å². The number of carbonyl (C=O) groups excluding carboxylic acids is 1. The molecule has 1 heterocycles. The smallest absolute Gasteiger partial charge is 0.225 e. The molecule has 10 heteroatoms. The maximum Gasteiger partial charge on any atom is 0.225 e. The summed E-state index contributed by atoms with van der Waals surface area (Å²) in [5.74, 6) is -0.965. The van der Waals surface area contributed by atoms with Gasteiger partial charge in [0.05, 0.1) is 21.2 Å². The van der Waals surface area contributed by atoms with Gasteiger partial charge in [-0.05, 0) is 48.4 Å². The molecule has 0 fully saturated rings. The predicted molar refractivity (Wildman–Crippen MR) is 122 cm³/mol. The number of nitrogens with one attached hydrogen (secondary N) is 1. The zero-order valence-electron chi connectivity index (χ0n) is 16.5. The summed E-state index contributed by atoms with van der Waals surface area (Å²) in [6.07, 6.45) is 0.499. The van der Waals surface area contributed by atoms with Gasteiger partial charge in [0.25, 0.3) is 0 Å². The fraction of sp³-hybridized carbons (Fsp3) is 0.190. The van der Waals surface area contributed by atoms with Crippen molar-refractivity contribution in [3.8, 4) is 0 Å². The van der Waals surface area contributed by atoms with Crippen molar-refractivity contribution in [2.45, 2.75) is 34.5 Å².